The molecule has 2 aromatic rings. The van der Waals surface area contributed by atoms with E-state index in [9.17, 15) is 5.11 Å². The average Bonchev–Trinajstić information content (AvgIpc) is 2.68. The fraction of sp³-hybridized carbons (Fsp3) is 0.438. The molecule has 0 aliphatic rings. The summed E-state index contributed by atoms with van der Waals surface area (Å²) >= 11 is 0. The monoisotopic (exact) mass is 274 g/mol. The van der Waals surface area contributed by atoms with Crippen LogP contribution in [0.1, 0.15) is 36.9 Å². The molecule has 0 spiro atoms. The molecule has 1 N–H and O–H groups in total. The molecule has 1 aromatic heterocycles. The summed E-state index contributed by atoms with van der Waals surface area (Å²) in [5.74, 6) is 0.826. The fourth-order valence-electron chi connectivity index (χ4n) is 2.21. The molecule has 0 radical (unpaired) electrons. The molecule has 0 aliphatic heterocycles. The van der Waals surface area contributed by atoms with E-state index < -0.39 is 6.10 Å². The Hall–Kier alpha value is -1.81. The minimum atomic E-state index is -0.530. The lowest BCUT2D eigenvalue weighted by Crippen LogP contribution is -2.07. The first-order chi connectivity index (χ1) is 9.45. The van der Waals surface area contributed by atoms with Crippen LogP contribution in [0.15, 0.2) is 30.3 Å². The van der Waals surface area contributed by atoms with Gasteiger partial charge in [-0.1, -0.05) is 12.1 Å². The molecule has 0 saturated heterocycles. The average molecular weight is 274 g/mol. The Morgan fingerprint density at radius 2 is 1.90 bits per heavy atom. The van der Waals surface area contributed by atoms with Crippen LogP contribution in [0.3, 0.4) is 0 Å². The van der Waals surface area contributed by atoms with Gasteiger partial charge in [0.15, 0.2) is 0 Å². The Balaban J connectivity index is 2.05. The van der Waals surface area contributed by atoms with E-state index in [1.165, 1.54) is 0 Å². The van der Waals surface area contributed by atoms with Crippen molar-refractivity contribution in [2.75, 3.05) is 0 Å². The van der Waals surface area contributed by atoms with Gasteiger partial charge in [0, 0.05) is 19.2 Å². The lowest BCUT2D eigenvalue weighted by atomic mass is 10.0. The second kappa shape index (κ2) is 6.09. The topological polar surface area (TPSA) is 47.3 Å². The van der Waals surface area contributed by atoms with E-state index in [4.69, 9.17) is 4.74 Å². The number of rotatable bonds is 5. The van der Waals surface area contributed by atoms with Crippen LogP contribution < -0.4 is 4.74 Å². The van der Waals surface area contributed by atoms with Crippen molar-refractivity contribution in [1.29, 1.82) is 0 Å². The second-order valence-corrected chi connectivity index (χ2v) is 5.36. The van der Waals surface area contributed by atoms with Gasteiger partial charge in [-0.15, -0.1) is 0 Å². The van der Waals surface area contributed by atoms with E-state index >= 15 is 0 Å². The highest BCUT2D eigenvalue weighted by atomic mass is 16.5. The highest BCUT2D eigenvalue weighted by molar-refractivity contribution is 5.29. The third kappa shape index (κ3) is 3.61. The SMILES string of the molecule is Cc1cc(CC(O)c2ccc(OC(C)C)cc2)n(C)n1. The minimum absolute atomic E-state index is 0.156. The quantitative estimate of drug-likeness (QED) is 0.912. The van der Waals surface area contributed by atoms with E-state index in [0.717, 1.165) is 22.7 Å². The zero-order chi connectivity index (χ0) is 14.7. The van der Waals surface area contributed by atoms with Crippen LogP contribution in [0.25, 0.3) is 0 Å². The first kappa shape index (κ1) is 14.6. The summed E-state index contributed by atoms with van der Waals surface area (Å²) in [7, 11) is 1.90. The molecule has 0 fully saturated rings. The van der Waals surface area contributed by atoms with Crippen molar-refractivity contribution >= 4 is 0 Å². The van der Waals surface area contributed by atoms with E-state index in [1.807, 2.05) is 62.8 Å². The van der Waals surface area contributed by atoms with Crippen molar-refractivity contribution < 1.29 is 9.84 Å². The smallest absolute Gasteiger partial charge is 0.119 e. The van der Waals surface area contributed by atoms with E-state index in [1.54, 1.807) is 0 Å². The van der Waals surface area contributed by atoms with E-state index in [-0.39, 0.29) is 6.10 Å². The molecule has 0 bridgehead atoms. The Labute approximate surface area is 120 Å². The fourth-order valence-corrected chi connectivity index (χ4v) is 2.21. The molecule has 20 heavy (non-hydrogen) atoms. The van der Waals surface area contributed by atoms with Crippen LogP contribution in [-0.2, 0) is 13.5 Å². The Morgan fingerprint density at radius 1 is 1.25 bits per heavy atom. The van der Waals surface area contributed by atoms with Gasteiger partial charge in [-0.3, -0.25) is 4.68 Å². The lowest BCUT2D eigenvalue weighted by molar-refractivity contribution is 0.175. The molecule has 0 saturated carbocycles. The third-order valence-corrected chi connectivity index (χ3v) is 3.14. The molecule has 1 heterocycles. The van der Waals surface area contributed by atoms with Crippen molar-refractivity contribution in [3.63, 3.8) is 0 Å². The zero-order valence-electron chi connectivity index (χ0n) is 12.5. The van der Waals surface area contributed by atoms with Crippen molar-refractivity contribution in [2.45, 2.75) is 39.4 Å². The number of hydrogen-bond donors (Lipinski definition) is 1. The Morgan fingerprint density at radius 3 is 2.40 bits per heavy atom. The molecule has 1 aromatic carbocycles. The maximum absolute atomic E-state index is 10.3. The number of nitrogens with zero attached hydrogens (tertiary/aromatic N) is 2. The summed E-state index contributed by atoms with van der Waals surface area (Å²) in [6, 6.07) is 9.61. The summed E-state index contributed by atoms with van der Waals surface area (Å²) in [6.07, 6.45) is 0.183. The van der Waals surface area contributed by atoms with Gasteiger partial charge in [0.05, 0.1) is 17.9 Å². The lowest BCUT2D eigenvalue weighted by Gasteiger charge is -2.13. The third-order valence-electron chi connectivity index (χ3n) is 3.14. The van der Waals surface area contributed by atoms with Gasteiger partial charge >= 0.3 is 0 Å². The molecule has 2 rings (SSSR count). The minimum Gasteiger partial charge on any atom is -0.491 e. The zero-order valence-corrected chi connectivity index (χ0v) is 12.5. The van der Waals surface area contributed by atoms with E-state index in [2.05, 4.69) is 5.10 Å². The maximum Gasteiger partial charge on any atom is 0.119 e. The molecular formula is C16H22N2O2. The van der Waals surface area contributed by atoms with Crippen LogP contribution in [0.5, 0.6) is 5.75 Å². The van der Waals surface area contributed by atoms with E-state index in [0.29, 0.717) is 6.42 Å². The first-order valence-electron chi connectivity index (χ1n) is 6.90. The summed E-state index contributed by atoms with van der Waals surface area (Å²) in [5, 5.41) is 14.6. The number of aliphatic hydroxyl groups excluding tert-OH is 1. The van der Waals surface area contributed by atoms with Crippen LogP contribution in [0, 0.1) is 6.92 Å². The molecule has 0 aliphatic carbocycles. The van der Waals surface area contributed by atoms with Crippen molar-refractivity contribution in [1.82, 2.24) is 9.78 Å². The Kier molecular flexibility index (Phi) is 4.45. The van der Waals surface area contributed by atoms with Crippen LogP contribution in [0.4, 0.5) is 0 Å². The predicted molar refractivity (Wildman–Crippen MR) is 78.8 cm³/mol. The van der Waals surface area contributed by atoms with Gasteiger partial charge in [-0.25, -0.2) is 0 Å². The van der Waals surface area contributed by atoms with Gasteiger partial charge in [0.1, 0.15) is 5.75 Å². The standard InChI is InChI=1S/C16H22N2O2/c1-11(2)20-15-7-5-13(6-8-15)16(19)10-14-9-12(3)17-18(14)4/h5-9,11,16,19H,10H2,1-4H3. The maximum atomic E-state index is 10.3. The molecule has 108 valence electrons. The van der Waals surface area contributed by atoms with Crippen LogP contribution in [0.2, 0.25) is 0 Å². The molecule has 1 atom stereocenters. The molecule has 0 amide bonds. The predicted octanol–water partition coefficient (Wildman–Crippen LogP) is 2.79. The van der Waals surface area contributed by atoms with Gasteiger partial charge < -0.3 is 9.84 Å². The second-order valence-electron chi connectivity index (χ2n) is 5.36. The number of hydrogen-bond acceptors (Lipinski definition) is 3. The Bertz CT molecular complexity index is 558. The van der Waals surface area contributed by atoms with Gasteiger partial charge in [-0.2, -0.15) is 5.10 Å². The number of aromatic nitrogens is 2. The van der Waals surface area contributed by atoms with Gasteiger partial charge in [0.2, 0.25) is 0 Å². The highest BCUT2D eigenvalue weighted by Crippen LogP contribution is 2.22. The summed E-state index contributed by atoms with van der Waals surface area (Å²) in [5.41, 5.74) is 2.88. The van der Waals surface area contributed by atoms with Crippen LogP contribution >= 0.6 is 0 Å². The highest BCUT2D eigenvalue weighted by Gasteiger charge is 2.12. The largest absolute Gasteiger partial charge is 0.491 e. The van der Waals surface area contributed by atoms with Crippen molar-refractivity contribution in [2.24, 2.45) is 7.05 Å². The number of benzene rings is 1. The van der Waals surface area contributed by atoms with Gasteiger partial charge in [-0.05, 0) is 44.5 Å². The molecule has 4 heteroatoms. The molecule has 4 nitrogen and oxygen atoms in total. The van der Waals surface area contributed by atoms with Crippen molar-refractivity contribution in [3.05, 3.63) is 47.3 Å². The molecule has 1 unspecified atom stereocenters. The van der Waals surface area contributed by atoms with Crippen molar-refractivity contribution in [3.8, 4) is 5.75 Å². The normalized spacial score (nSPS) is 12.7. The summed E-state index contributed by atoms with van der Waals surface area (Å²) < 4.78 is 7.41. The summed E-state index contributed by atoms with van der Waals surface area (Å²) in [4.78, 5) is 0. The molecular weight excluding hydrogens is 252 g/mol. The number of aryl methyl sites for hydroxylation is 2. The first-order valence-corrected chi connectivity index (χ1v) is 6.90. The van der Waals surface area contributed by atoms with Crippen LogP contribution in [-0.4, -0.2) is 21.0 Å². The summed E-state index contributed by atoms with van der Waals surface area (Å²) in [6.45, 7) is 5.94. The van der Waals surface area contributed by atoms with Gasteiger partial charge in [0.25, 0.3) is 0 Å². The number of ether oxygens (including phenoxy) is 1. The number of aliphatic hydroxyl groups is 1.